The summed E-state index contributed by atoms with van der Waals surface area (Å²) in [5.74, 6) is -0.515. The third kappa shape index (κ3) is 5.10. The Kier molecular flexibility index (Phi) is 7.71. The first-order valence-corrected chi connectivity index (χ1v) is 12.5. The first-order chi connectivity index (χ1) is 16.0. The van der Waals surface area contributed by atoms with Gasteiger partial charge in [-0.05, 0) is 68.6 Å². The number of nitrogens with one attached hydrogen (secondary N) is 1. The number of halogens is 1. The summed E-state index contributed by atoms with van der Waals surface area (Å²) >= 11 is 6.34. The molecule has 33 heavy (non-hydrogen) atoms. The maximum atomic E-state index is 13.7. The average Bonchev–Trinajstić information content (AvgIpc) is 3.22. The van der Waals surface area contributed by atoms with Crippen LogP contribution in [0.1, 0.15) is 72.5 Å². The van der Waals surface area contributed by atoms with Crippen LogP contribution >= 0.6 is 11.6 Å². The fourth-order valence-corrected chi connectivity index (χ4v) is 5.53. The van der Waals surface area contributed by atoms with Crippen molar-refractivity contribution >= 4 is 23.4 Å². The Labute approximate surface area is 202 Å². The molecule has 0 aliphatic carbocycles. The summed E-state index contributed by atoms with van der Waals surface area (Å²) < 4.78 is 0. The van der Waals surface area contributed by atoms with Crippen LogP contribution in [-0.4, -0.2) is 54.3 Å². The fourth-order valence-electron chi connectivity index (χ4n) is 5.33. The average molecular weight is 468 g/mol. The monoisotopic (exact) mass is 467 g/mol. The lowest BCUT2D eigenvalue weighted by Gasteiger charge is -2.42. The number of carbonyl (C=O) groups excluding carboxylic acids is 2. The number of unbranched alkanes of at least 4 members (excludes halogenated alkanes) is 1. The van der Waals surface area contributed by atoms with Gasteiger partial charge in [0.15, 0.2) is 0 Å². The molecule has 5 nitrogen and oxygen atoms in total. The Morgan fingerprint density at radius 2 is 2.00 bits per heavy atom. The van der Waals surface area contributed by atoms with E-state index in [2.05, 4.69) is 24.2 Å². The third-order valence-corrected chi connectivity index (χ3v) is 7.35. The summed E-state index contributed by atoms with van der Waals surface area (Å²) in [6.07, 6.45) is 5.20. The van der Waals surface area contributed by atoms with Crippen molar-refractivity contribution in [1.29, 1.82) is 0 Å². The Hall–Kier alpha value is -2.37. The van der Waals surface area contributed by atoms with E-state index in [4.69, 9.17) is 11.6 Å². The van der Waals surface area contributed by atoms with Crippen LogP contribution in [0.15, 0.2) is 48.5 Å². The van der Waals surface area contributed by atoms with E-state index in [9.17, 15) is 9.59 Å². The number of benzene rings is 2. The predicted octanol–water partition coefficient (Wildman–Crippen LogP) is 5.02. The van der Waals surface area contributed by atoms with Crippen molar-refractivity contribution in [2.24, 2.45) is 0 Å². The maximum Gasteiger partial charge on any atom is 0.254 e. The van der Waals surface area contributed by atoms with Gasteiger partial charge in [0.05, 0.1) is 12.0 Å². The molecule has 0 spiro atoms. The van der Waals surface area contributed by atoms with Crippen molar-refractivity contribution in [3.05, 3.63) is 70.2 Å². The van der Waals surface area contributed by atoms with Gasteiger partial charge in [0.1, 0.15) is 0 Å². The molecule has 0 aromatic heterocycles. The first kappa shape index (κ1) is 23.8. The van der Waals surface area contributed by atoms with Gasteiger partial charge < -0.3 is 15.1 Å². The van der Waals surface area contributed by atoms with Gasteiger partial charge in [0, 0.05) is 29.7 Å². The molecule has 1 fully saturated rings. The molecule has 176 valence electrons. The molecule has 1 saturated heterocycles. The molecule has 2 aromatic rings. The van der Waals surface area contributed by atoms with Crippen LogP contribution in [-0.2, 0) is 4.79 Å². The predicted molar refractivity (Wildman–Crippen MR) is 133 cm³/mol. The molecular formula is C27H34ClN3O2. The second-order valence-electron chi connectivity index (χ2n) is 9.27. The highest BCUT2D eigenvalue weighted by Gasteiger charge is 2.43. The van der Waals surface area contributed by atoms with Crippen molar-refractivity contribution < 1.29 is 9.59 Å². The van der Waals surface area contributed by atoms with Crippen molar-refractivity contribution in [3.63, 3.8) is 0 Å². The molecule has 2 aliphatic rings. The molecule has 2 amide bonds. The van der Waals surface area contributed by atoms with Gasteiger partial charge in [-0.3, -0.25) is 9.59 Å². The number of amides is 2. The van der Waals surface area contributed by atoms with E-state index < -0.39 is 5.92 Å². The number of hydrogen-bond donors (Lipinski definition) is 1. The molecule has 0 unspecified atom stereocenters. The Balaban J connectivity index is 1.67. The highest BCUT2D eigenvalue weighted by Crippen LogP contribution is 2.43. The lowest BCUT2D eigenvalue weighted by atomic mass is 9.79. The number of fused-ring (bicyclic) bond motifs is 1. The zero-order valence-electron chi connectivity index (χ0n) is 19.6. The minimum atomic E-state index is -0.476. The van der Waals surface area contributed by atoms with Gasteiger partial charge in [0.25, 0.3) is 5.91 Å². The zero-order chi connectivity index (χ0) is 23.4. The lowest BCUT2D eigenvalue weighted by molar-refractivity contribution is -0.124. The Morgan fingerprint density at radius 3 is 2.73 bits per heavy atom. The summed E-state index contributed by atoms with van der Waals surface area (Å²) in [6, 6.07) is 15.3. The minimum absolute atomic E-state index is 0.0133. The largest absolute Gasteiger partial charge is 0.355 e. The summed E-state index contributed by atoms with van der Waals surface area (Å²) in [4.78, 5) is 31.5. The number of carbonyl (C=O) groups is 2. The van der Waals surface area contributed by atoms with Gasteiger partial charge in [0.2, 0.25) is 5.91 Å². The molecule has 4 rings (SSSR count). The van der Waals surface area contributed by atoms with Crippen LogP contribution in [0.5, 0.6) is 0 Å². The van der Waals surface area contributed by atoms with Crippen LogP contribution < -0.4 is 5.32 Å². The molecule has 2 heterocycles. The fraction of sp³-hybridized carbons (Fsp3) is 0.481. The van der Waals surface area contributed by atoms with Gasteiger partial charge in [-0.25, -0.2) is 0 Å². The minimum Gasteiger partial charge on any atom is -0.355 e. The molecule has 2 aliphatic heterocycles. The SMILES string of the molecule is CCCCN1C(=O)c2ccccc2[C@H](C(=O)NCC[C@@H]2CCCN2C)[C@@H]1c1cccc(Cl)c1. The lowest BCUT2D eigenvalue weighted by Crippen LogP contribution is -2.48. The molecule has 0 bridgehead atoms. The first-order valence-electron chi connectivity index (χ1n) is 12.1. The van der Waals surface area contributed by atoms with Crippen LogP contribution in [0, 0.1) is 0 Å². The quantitative estimate of drug-likeness (QED) is 0.593. The van der Waals surface area contributed by atoms with Crippen molar-refractivity contribution in [2.45, 2.75) is 57.0 Å². The summed E-state index contributed by atoms with van der Waals surface area (Å²) in [6.45, 7) is 4.48. The van der Waals surface area contributed by atoms with Crippen LogP contribution in [0.25, 0.3) is 0 Å². The second-order valence-corrected chi connectivity index (χ2v) is 9.71. The Bertz CT molecular complexity index is 995. The number of nitrogens with zero attached hydrogens (tertiary/aromatic N) is 2. The van der Waals surface area contributed by atoms with Crippen molar-refractivity contribution in [2.75, 3.05) is 26.7 Å². The normalized spacial score (nSPS) is 22.9. The summed E-state index contributed by atoms with van der Waals surface area (Å²) in [5, 5.41) is 3.82. The van der Waals surface area contributed by atoms with E-state index >= 15 is 0 Å². The van der Waals surface area contributed by atoms with E-state index in [0.717, 1.165) is 36.9 Å². The Morgan fingerprint density at radius 1 is 1.18 bits per heavy atom. The molecule has 1 N–H and O–H groups in total. The van der Waals surface area contributed by atoms with Crippen LogP contribution in [0.3, 0.4) is 0 Å². The highest BCUT2D eigenvalue weighted by molar-refractivity contribution is 6.30. The van der Waals surface area contributed by atoms with E-state index in [0.29, 0.717) is 29.7 Å². The van der Waals surface area contributed by atoms with E-state index in [1.54, 1.807) is 0 Å². The standard InChI is InChI=1S/C27H34ClN3O2/c1-3-4-17-31-25(19-9-7-10-20(28)18-19)24(22-12-5-6-13-23(22)27(31)33)26(32)29-15-14-21-11-8-16-30(21)2/h5-7,9-10,12-13,18,21,24-25H,3-4,8,11,14-17H2,1-2H3,(H,29,32)/t21-,24-,25-/m0/s1. The zero-order valence-corrected chi connectivity index (χ0v) is 20.4. The number of hydrogen-bond acceptors (Lipinski definition) is 3. The summed E-state index contributed by atoms with van der Waals surface area (Å²) in [7, 11) is 2.16. The van der Waals surface area contributed by atoms with Gasteiger partial charge in [-0.15, -0.1) is 0 Å². The second kappa shape index (κ2) is 10.7. The smallest absolute Gasteiger partial charge is 0.254 e. The molecule has 6 heteroatoms. The van der Waals surface area contributed by atoms with E-state index in [1.165, 1.54) is 12.8 Å². The number of likely N-dealkylation sites (tertiary alicyclic amines) is 1. The number of rotatable bonds is 8. The summed E-state index contributed by atoms with van der Waals surface area (Å²) in [5.41, 5.74) is 2.33. The van der Waals surface area contributed by atoms with Crippen LogP contribution in [0.2, 0.25) is 5.02 Å². The highest BCUT2D eigenvalue weighted by atomic mass is 35.5. The van der Waals surface area contributed by atoms with Gasteiger partial charge in [-0.2, -0.15) is 0 Å². The topological polar surface area (TPSA) is 52.7 Å². The molecular weight excluding hydrogens is 434 g/mol. The maximum absolute atomic E-state index is 13.7. The van der Waals surface area contributed by atoms with Gasteiger partial charge in [-0.1, -0.05) is 55.3 Å². The molecule has 0 saturated carbocycles. The molecule has 2 aromatic carbocycles. The van der Waals surface area contributed by atoms with E-state index in [1.807, 2.05) is 53.4 Å². The van der Waals surface area contributed by atoms with Gasteiger partial charge >= 0.3 is 0 Å². The third-order valence-electron chi connectivity index (χ3n) is 7.11. The van der Waals surface area contributed by atoms with Crippen LogP contribution in [0.4, 0.5) is 0 Å². The van der Waals surface area contributed by atoms with E-state index in [-0.39, 0.29) is 17.9 Å². The molecule has 0 radical (unpaired) electrons. The molecule has 3 atom stereocenters. The van der Waals surface area contributed by atoms with Crippen molar-refractivity contribution in [1.82, 2.24) is 15.1 Å². The van der Waals surface area contributed by atoms with Crippen molar-refractivity contribution in [3.8, 4) is 0 Å².